The highest BCUT2D eigenvalue weighted by Crippen LogP contribution is 2.29. The summed E-state index contributed by atoms with van der Waals surface area (Å²) < 4.78 is 5.40. The van der Waals surface area contributed by atoms with Gasteiger partial charge in [-0.25, -0.2) is 0 Å². The molecule has 0 radical (unpaired) electrons. The van der Waals surface area contributed by atoms with E-state index in [4.69, 9.17) is 10.5 Å². The molecule has 0 bridgehead atoms. The van der Waals surface area contributed by atoms with E-state index in [1.165, 1.54) is 12.1 Å². The van der Waals surface area contributed by atoms with Crippen LogP contribution in [0.4, 0.5) is 5.69 Å². The number of nitrogens with two attached hydrogens (primary N) is 1. The number of nitrogens with zero attached hydrogens (tertiary/aromatic N) is 1. The quantitative estimate of drug-likeness (QED) is 0.434. The first kappa shape index (κ1) is 20.1. The lowest BCUT2D eigenvalue weighted by atomic mass is 9.85. The second kappa shape index (κ2) is 8.93. The van der Waals surface area contributed by atoms with E-state index < -0.39 is 22.7 Å². The topological polar surface area (TPSA) is 113 Å². The Bertz CT molecular complexity index is 836. The first-order valence-electron chi connectivity index (χ1n) is 8.63. The Kier molecular flexibility index (Phi) is 6.65. The number of primary amides is 1. The van der Waals surface area contributed by atoms with Gasteiger partial charge >= 0.3 is 5.97 Å². The van der Waals surface area contributed by atoms with Crippen LogP contribution >= 0.6 is 0 Å². The smallest absolute Gasteiger partial charge is 0.314 e. The van der Waals surface area contributed by atoms with Gasteiger partial charge < -0.3 is 10.5 Å². The maximum absolute atomic E-state index is 12.7. The molecule has 0 aliphatic rings. The fourth-order valence-electron chi connectivity index (χ4n) is 2.84. The molecule has 27 heavy (non-hydrogen) atoms. The van der Waals surface area contributed by atoms with E-state index in [2.05, 4.69) is 0 Å². The maximum Gasteiger partial charge on any atom is 0.314 e. The largest absolute Gasteiger partial charge is 0.460 e. The van der Waals surface area contributed by atoms with Crippen molar-refractivity contribution in [2.24, 2.45) is 11.7 Å². The van der Waals surface area contributed by atoms with Gasteiger partial charge in [-0.05, 0) is 23.6 Å². The van der Waals surface area contributed by atoms with Crippen LogP contribution in [0.5, 0.6) is 0 Å². The summed E-state index contributed by atoms with van der Waals surface area (Å²) in [6.07, 6.45) is 0.780. The maximum atomic E-state index is 12.7. The van der Waals surface area contributed by atoms with Crippen LogP contribution < -0.4 is 5.73 Å². The van der Waals surface area contributed by atoms with E-state index in [9.17, 15) is 19.7 Å². The Morgan fingerprint density at radius 2 is 1.85 bits per heavy atom. The van der Waals surface area contributed by atoms with E-state index in [-0.39, 0.29) is 29.3 Å². The monoisotopic (exact) mass is 370 g/mol. The third kappa shape index (κ3) is 4.91. The molecule has 2 atom stereocenters. The van der Waals surface area contributed by atoms with E-state index in [0.29, 0.717) is 0 Å². The van der Waals surface area contributed by atoms with E-state index >= 15 is 0 Å². The molecule has 1 amide bonds. The van der Waals surface area contributed by atoms with Crippen molar-refractivity contribution in [1.82, 2.24) is 0 Å². The first-order chi connectivity index (χ1) is 12.8. The Labute approximate surface area is 157 Å². The van der Waals surface area contributed by atoms with Crippen molar-refractivity contribution < 1.29 is 19.2 Å². The molecule has 0 spiro atoms. The number of hydrogen-bond acceptors (Lipinski definition) is 5. The Hall–Kier alpha value is -3.22. The van der Waals surface area contributed by atoms with Crippen LogP contribution in [0.2, 0.25) is 0 Å². The van der Waals surface area contributed by atoms with E-state index in [1.807, 2.05) is 44.2 Å². The lowest BCUT2D eigenvalue weighted by molar-refractivity contribution is -0.385. The van der Waals surface area contributed by atoms with E-state index in [0.717, 1.165) is 18.1 Å². The number of nitro groups is 1. The molecule has 0 fully saturated rings. The average Bonchev–Trinajstić information content (AvgIpc) is 2.66. The summed E-state index contributed by atoms with van der Waals surface area (Å²) in [7, 11) is 0. The van der Waals surface area contributed by atoms with Gasteiger partial charge in [0.25, 0.3) is 5.69 Å². The molecule has 0 aliphatic heterocycles. The first-order valence-corrected chi connectivity index (χ1v) is 8.63. The molecule has 7 heteroatoms. The number of nitro benzene ring substituents is 1. The molecule has 142 valence electrons. The summed E-state index contributed by atoms with van der Waals surface area (Å²) in [5, 5.41) is 11.3. The molecule has 0 saturated heterocycles. The molecule has 2 aromatic carbocycles. The van der Waals surface area contributed by atoms with Crippen molar-refractivity contribution >= 4 is 17.6 Å². The van der Waals surface area contributed by atoms with Crippen LogP contribution in [-0.4, -0.2) is 16.8 Å². The normalized spacial score (nSPS) is 12.8. The van der Waals surface area contributed by atoms with Crippen LogP contribution in [-0.2, 0) is 16.1 Å². The Morgan fingerprint density at radius 3 is 2.41 bits per heavy atom. The minimum atomic E-state index is -0.762. The molecule has 0 aromatic heterocycles. The van der Waals surface area contributed by atoms with Gasteiger partial charge in [-0.15, -0.1) is 0 Å². The highest BCUT2D eigenvalue weighted by molar-refractivity contribution is 5.93. The van der Waals surface area contributed by atoms with Gasteiger partial charge in [0.05, 0.1) is 16.4 Å². The molecule has 7 nitrogen and oxygen atoms in total. The molecule has 2 aromatic rings. The number of esters is 1. The number of carbonyl (C=O) groups excluding carboxylic acids is 2. The number of ether oxygens (including phenoxy) is 1. The zero-order valence-corrected chi connectivity index (χ0v) is 15.3. The standard InChI is InChI=1S/C20H22N2O5/c1-3-13(2)18(14-7-5-4-6-8-14)20(24)27-12-16-10-9-15(19(21)23)11-17(16)22(25)26/h4-11,13,18H,3,12H2,1-2H3,(H2,21,23)/t13-,18-/m1/s1. The number of benzene rings is 2. The van der Waals surface area contributed by atoms with Gasteiger partial charge in [0.15, 0.2) is 0 Å². The van der Waals surface area contributed by atoms with Gasteiger partial charge in [0.2, 0.25) is 5.91 Å². The van der Waals surface area contributed by atoms with Gasteiger partial charge in [0.1, 0.15) is 6.61 Å². The van der Waals surface area contributed by atoms with Crippen molar-refractivity contribution in [2.75, 3.05) is 0 Å². The van der Waals surface area contributed by atoms with Crippen LogP contribution in [0.1, 0.15) is 47.7 Å². The van der Waals surface area contributed by atoms with Gasteiger partial charge in [-0.1, -0.05) is 50.6 Å². The lowest BCUT2D eigenvalue weighted by Gasteiger charge is -2.22. The van der Waals surface area contributed by atoms with Crippen LogP contribution in [0.3, 0.4) is 0 Å². The predicted octanol–water partition coefficient (Wildman–Crippen LogP) is 3.57. The summed E-state index contributed by atoms with van der Waals surface area (Å²) in [5.74, 6) is -1.61. The van der Waals surface area contributed by atoms with E-state index in [1.54, 1.807) is 0 Å². The zero-order chi connectivity index (χ0) is 20.0. The molecule has 0 aliphatic carbocycles. The lowest BCUT2D eigenvalue weighted by Crippen LogP contribution is -2.22. The fraction of sp³-hybridized carbons (Fsp3) is 0.300. The second-order valence-corrected chi connectivity index (χ2v) is 6.35. The number of hydrogen-bond donors (Lipinski definition) is 1. The summed E-state index contributed by atoms with van der Waals surface area (Å²) in [6.45, 7) is 3.69. The summed E-state index contributed by atoms with van der Waals surface area (Å²) in [5.41, 5.74) is 5.93. The van der Waals surface area contributed by atoms with Crippen LogP contribution in [0.25, 0.3) is 0 Å². The highest BCUT2D eigenvalue weighted by Gasteiger charge is 2.28. The zero-order valence-electron chi connectivity index (χ0n) is 15.3. The number of amides is 1. The SMILES string of the molecule is CC[C@@H](C)[C@@H](C(=O)OCc1ccc(C(N)=O)cc1[N+](=O)[O-])c1ccccc1. The highest BCUT2D eigenvalue weighted by atomic mass is 16.6. The Balaban J connectivity index is 2.22. The van der Waals surface area contributed by atoms with Crippen molar-refractivity contribution in [1.29, 1.82) is 0 Å². The van der Waals surface area contributed by atoms with Crippen molar-refractivity contribution in [3.8, 4) is 0 Å². The van der Waals surface area contributed by atoms with Gasteiger partial charge in [-0.3, -0.25) is 19.7 Å². The third-order valence-corrected chi connectivity index (χ3v) is 4.56. The van der Waals surface area contributed by atoms with Crippen molar-refractivity contribution in [2.45, 2.75) is 32.8 Å². The minimum absolute atomic E-state index is 0.0264. The number of rotatable bonds is 8. The van der Waals surface area contributed by atoms with Gasteiger partial charge in [-0.2, -0.15) is 0 Å². The van der Waals surface area contributed by atoms with Crippen LogP contribution in [0, 0.1) is 16.0 Å². The number of carbonyl (C=O) groups is 2. The Morgan fingerprint density at radius 1 is 1.19 bits per heavy atom. The summed E-state index contributed by atoms with van der Waals surface area (Å²) >= 11 is 0. The average molecular weight is 370 g/mol. The molecule has 0 heterocycles. The molecule has 2 rings (SSSR count). The van der Waals surface area contributed by atoms with Crippen LogP contribution in [0.15, 0.2) is 48.5 Å². The predicted molar refractivity (Wildman–Crippen MR) is 100 cm³/mol. The molecule has 2 N–H and O–H groups in total. The molecule has 0 saturated carbocycles. The van der Waals surface area contributed by atoms with Crippen molar-refractivity contribution in [3.63, 3.8) is 0 Å². The molecular weight excluding hydrogens is 348 g/mol. The minimum Gasteiger partial charge on any atom is -0.460 e. The van der Waals surface area contributed by atoms with Gasteiger partial charge in [0, 0.05) is 11.6 Å². The fourth-order valence-corrected chi connectivity index (χ4v) is 2.84. The second-order valence-electron chi connectivity index (χ2n) is 6.35. The third-order valence-electron chi connectivity index (χ3n) is 4.56. The summed E-state index contributed by atoms with van der Waals surface area (Å²) in [6, 6.07) is 13.1. The molecule has 0 unspecified atom stereocenters. The van der Waals surface area contributed by atoms with Crippen molar-refractivity contribution in [3.05, 3.63) is 75.3 Å². The molecular formula is C20H22N2O5. The summed E-state index contributed by atoms with van der Waals surface area (Å²) in [4.78, 5) is 34.6.